The van der Waals surface area contributed by atoms with Crippen molar-refractivity contribution >= 4 is 27.5 Å². The van der Waals surface area contributed by atoms with Crippen LogP contribution in [-0.4, -0.2) is 31.3 Å². The van der Waals surface area contributed by atoms with E-state index in [1.54, 1.807) is 25.3 Å². The lowest BCUT2D eigenvalue weighted by Crippen LogP contribution is -2.16. The minimum absolute atomic E-state index is 0.312. The zero-order chi connectivity index (χ0) is 20.1. The molecule has 0 spiro atoms. The Morgan fingerprint density at radius 1 is 1.18 bits per heavy atom. The number of amides is 1. The van der Waals surface area contributed by atoms with Crippen molar-refractivity contribution in [1.29, 1.82) is 0 Å². The van der Waals surface area contributed by atoms with E-state index in [0.29, 0.717) is 35.0 Å². The van der Waals surface area contributed by atoms with E-state index in [4.69, 9.17) is 20.6 Å². The lowest BCUT2D eigenvalue weighted by Gasteiger charge is -2.07. The van der Waals surface area contributed by atoms with Gasteiger partial charge in [-0.3, -0.25) is 4.79 Å². The summed E-state index contributed by atoms with van der Waals surface area (Å²) in [6, 6.07) is 10.7. The molecule has 0 aliphatic heterocycles. The number of fused-ring (bicyclic) bond motifs is 1. The molecule has 0 bridgehead atoms. The van der Waals surface area contributed by atoms with Gasteiger partial charge in [-0.1, -0.05) is 17.3 Å². The first-order valence-electron chi connectivity index (χ1n) is 8.62. The number of methoxy groups -OCH3 is 2. The van der Waals surface area contributed by atoms with Crippen LogP contribution >= 0.6 is 11.3 Å². The summed E-state index contributed by atoms with van der Waals surface area (Å²) in [7, 11) is 3.06. The maximum absolute atomic E-state index is 12.7. The van der Waals surface area contributed by atoms with E-state index < -0.39 is 0 Å². The molecule has 1 heterocycles. The molecular weight excluding hydrogens is 376 g/mol. The van der Waals surface area contributed by atoms with E-state index in [1.165, 1.54) is 18.4 Å². The first-order chi connectivity index (χ1) is 13.6. The lowest BCUT2D eigenvalue weighted by atomic mass is 10.2. The summed E-state index contributed by atoms with van der Waals surface area (Å²) >= 11 is 1.39. The molecule has 3 aromatic rings. The van der Waals surface area contributed by atoms with Gasteiger partial charge in [0.05, 0.1) is 37.6 Å². The van der Waals surface area contributed by atoms with Crippen LogP contribution in [0.15, 0.2) is 41.4 Å². The highest BCUT2D eigenvalue weighted by molar-refractivity contribution is 7.16. The van der Waals surface area contributed by atoms with Crippen LogP contribution in [0.25, 0.3) is 10.2 Å². The Kier molecular flexibility index (Phi) is 6.02. The molecule has 0 aliphatic carbocycles. The maximum Gasteiger partial charge on any atom is 0.279 e. The second-order valence-electron chi connectivity index (χ2n) is 5.72. The van der Waals surface area contributed by atoms with E-state index in [9.17, 15) is 4.79 Å². The SMILES string of the molecule is C#CCn1c(=NC(=O)c2ccc(OC)c(OC)c2)sc2cc(OCC)ccc21. The number of ether oxygens (including phenoxy) is 3. The maximum atomic E-state index is 12.7. The summed E-state index contributed by atoms with van der Waals surface area (Å²) in [5.41, 5.74) is 1.31. The summed E-state index contributed by atoms with van der Waals surface area (Å²) in [6.45, 7) is 2.82. The van der Waals surface area contributed by atoms with Gasteiger partial charge in [-0.2, -0.15) is 4.99 Å². The average molecular weight is 396 g/mol. The number of rotatable bonds is 6. The molecule has 6 nitrogen and oxygen atoms in total. The molecule has 0 atom stereocenters. The third-order valence-electron chi connectivity index (χ3n) is 4.04. The number of carbonyl (C=O) groups is 1. The topological polar surface area (TPSA) is 62.1 Å². The van der Waals surface area contributed by atoms with Gasteiger partial charge in [0.25, 0.3) is 5.91 Å². The molecule has 0 unspecified atom stereocenters. The highest BCUT2D eigenvalue weighted by atomic mass is 32.1. The quantitative estimate of drug-likeness (QED) is 0.599. The molecule has 0 saturated heterocycles. The van der Waals surface area contributed by atoms with Crippen LogP contribution in [0.1, 0.15) is 17.3 Å². The summed E-state index contributed by atoms with van der Waals surface area (Å²) in [5.74, 6) is 4.02. The second-order valence-corrected chi connectivity index (χ2v) is 6.73. The molecule has 0 N–H and O–H groups in total. The minimum atomic E-state index is -0.386. The van der Waals surface area contributed by atoms with Gasteiger partial charge in [-0.05, 0) is 43.3 Å². The molecule has 3 rings (SSSR count). The van der Waals surface area contributed by atoms with E-state index in [1.807, 2.05) is 29.7 Å². The van der Waals surface area contributed by atoms with Gasteiger partial charge in [0.15, 0.2) is 16.3 Å². The van der Waals surface area contributed by atoms with E-state index >= 15 is 0 Å². The standard InChI is InChI=1S/C21H20N2O4S/c1-5-11-23-16-9-8-15(27-6-2)13-19(16)28-21(23)22-20(24)14-7-10-17(25-3)18(12-14)26-4/h1,7-10,12-13H,6,11H2,2-4H3. The Bertz CT molecular complexity index is 1120. The molecule has 28 heavy (non-hydrogen) atoms. The molecule has 0 fully saturated rings. The monoisotopic (exact) mass is 396 g/mol. The molecule has 1 aromatic heterocycles. The van der Waals surface area contributed by atoms with Crippen LogP contribution in [0.4, 0.5) is 0 Å². The second kappa shape index (κ2) is 8.63. The predicted molar refractivity (Wildman–Crippen MR) is 109 cm³/mol. The normalized spacial score (nSPS) is 11.3. The van der Waals surface area contributed by atoms with Crippen LogP contribution in [0, 0.1) is 12.3 Å². The molecule has 0 saturated carbocycles. The van der Waals surface area contributed by atoms with Crippen molar-refractivity contribution in [1.82, 2.24) is 4.57 Å². The summed E-state index contributed by atoms with van der Waals surface area (Å²) in [4.78, 5) is 17.6. The molecular formula is C21H20N2O4S. The van der Waals surface area contributed by atoms with Crippen molar-refractivity contribution in [2.24, 2.45) is 4.99 Å². The Hall–Kier alpha value is -3.24. The third-order valence-corrected chi connectivity index (χ3v) is 5.08. The van der Waals surface area contributed by atoms with E-state index in [2.05, 4.69) is 10.9 Å². The van der Waals surface area contributed by atoms with Gasteiger partial charge in [0.2, 0.25) is 0 Å². The van der Waals surface area contributed by atoms with Gasteiger partial charge in [-0.15, -0.1) is 6.42 Å². The largest absolute Gasteiger partial charge is 0.494 e. The Labute approximate surface area is 167 Å². The molecule has 7 heteroatoms. The number of thiazole rings is 1. The first kappa shape index (κ1) is 19.5. The number of benzene rings is 2. The van der Waals surface area contributed by atoms with Gasteiger partial charge in [0, 0.05) is 5.56 Å². The lowest BCUT2D eigenvalue weighted by molar-refractivity contribution is 0.0997. The van der Waals surface area contributed by atoms with Crippen LogP contribution in [0.2, 0.25) is 0 Å². The van der Waals surface area contributed by atoms with Crippen molar-refractivity contribution in [3.8, 4) is 29.6 Å². The highest BCUT2D eigenvalue weighted by Gasteiger charge is 2.12. The van der Waals surface area contributed by atoms with Crippen LogP contribution in [0.3, 0.4) is 0 Å². The van der Waals surface area contributed by atoms with Crippen molar-refractivity contribution in [3.05, 3.63) is 46.8 Å². The molecule has 1 amide bonds. The number of hydrogen-bond acceptors (Lipinski definition) is 5. The molecule has 0 radical (unpaired) electrons. The summed E-state index contributed by atoms with van der Waals surface area (Å²) in [5, 5.41) is 0. The van der Waals surface area contributed by atoms with Crippen molar-refractivity contribution in [3.63, 3.8) is 0 Å². The van der Waals surface area contributed by atoms with Gasteiger partial charge in [0.1, 0.15) is 5.75 Å². The zero-order valence-electron chi connectivity index (χ0n) is 15.9. The van der Waals surface area contributed by atoms with Crippen molar-refractivity contribution < 1.29 is 19.0 Å². The highest BCUT2D eigenvalue weighted by Crippen LogP contribution is 2.28. The molecule has 0 aliphatic rings. The van der Waals surface area contributed by atoms with Gasteiger partial charge < -0.3 is 18.8 Å². The van der Waals surface area contributed by atoms with Crippen LogP contribution in [0.5, 0.6) is 17.2 Å². The fourth-order valence-electron chi connectivity index (χ4n) is 2.76. The first-order valence-corrected chi connectivity index (χ1v) is 9.43. The smallest absolute Gasteiger partial charge is 0.279 e. The van der Waals surface area contributed by atoms with Crippen LogP contribution in [-0.2, 0) is 6.54 Å². The van der Waals surface area contributed by atoms with Crippen LogP contribution < -0.4 is 19.0 Å². The number of terminal acetylenes is 1. The van der Waals surface area contributed by atoms with Gasteiger partial charge in [-0.25, -0.2) is 0 Å². The Balaban J connectivity index is 2.08. The summed E-state index contributed by atoms with van der Waals surface area (Å²) < 4.78 is 18.8. The Morgan fingerprint density at radius 3 is 2.64 bits per heavy atom. The van der Waals surface area contributed by atoms with Crippen molar-refractivity contribution in [2.75, 3.05) is 20.8 Å². The number of carbonyl (C=O) groups excluding carboxylic acids is 1. The number of hydrogen-bond donors (Lipinski definition) is 0. The van der Waals surface area contributed by atoms with Gasteiger partial charge >= 0.3 is 0 Å². The Morgan fingerprint density at radius 2 is 1.96 bits per heavy atom. The molecule has 144 valence electrons. The van der Waals surface area contributed by atoms with E-state index in [0.717, 1.165) is 16.0 Å². The van der Waals surface area contributed by atoms with E-state index in [-0.39, 0.29) is 5.91 Å². The predicted octanol–water partition coefficient (Wildman–Crippen LogP) is 3.49. The fourth-order valence-corrected chi connectivity index (χ4v) is 3.82. The minimum Gasteiger partial charge on any atom is -0.494 e. The molecule has 2 aromatic carbocycles. The third kappa shape index (κ3) is 3.87. The zero-order valence-corrected chi connectivity index (χ0v) is 16.7. The average Bonchev–Trinajstić information content (AvgIpc) is 3.04. The number of nitrogens with zero attached hydrogens (tertiary/aromatic N) is 2. The number of aromatic nitrogens is 1. The fraction of sp³-hybridized carbons (Fsp3) is 0.238. The van der Waals surface area contributed by atoms with Crippen molar-refractivity contribution in [2.45, 2.75) is 13.5 Å². The summed E-state index contributed by atoms with van der Waals surface area (Å²) in [6.07, 6.45) is 5.52.